The number of aromatic nitrogens is 2. The van der Waals surface area contributed by atoms with Gasteiger partial charge in [0, 0.05) is 41.2 Å². The van der Waals surface area contributed by atoms with Gasteiger partial charge >= 0.3 is 6.03 Å². The maximum absolute atomic E-state index is 14.8. The lowest BCUT2D eigenvalue weighted by Gasteiger charge is -2.31. The summed E-state index contributed by atoms with van der Waals surface area (Å²) in [6.07, 6.45) is 4.81. The number of rotatable bonds is 6. The second-order valence-electron chi connectivity index (χ2n) is 8.14. The highest BCUT2D eigenvalue weighted by molar-refractivity contribution is 6.33. The quantitative estimate of drug-likeness (QED) is 0.412. The van der Waals surface area contributed by atoms with Crippen molar-refractivity contribution in [1.29, 1.82) is 0 Å². The Labute approximate surface area is 201 Å². The molecule has 6 nitrogen and oxygen atoms in total. The van der Waals surface area contributed by atoms with Crippen LogP contribution in [0.25, 0.3) is 11.1 Å². The summed E-state index contributed by atoms with van der Waals surface area (Å²) in [4.78, 5) is 20.5. The van der Waals surface area contributed by atoms with Gasteiger partial charge in [0.1, 0.15) is 5.82 Å². The number of hydrogen-bond acceptors (Lipinski definition) is 4. The summed E-state index contributed by atoms with van der Waals surface area (Å²) in [5.74, 6) is -0.581. The summed E-state index contributed by atoms with van der Waals surface area (Å²) < 4.78 is 34.4. The van der Waals surface area contributed by atoms with Crippen molar-refractivity contribution >= 4 is 23.3 Å². The molecule has 0 spiro atoms. The van der Waals surface area contributed by atoms with Crippen LogP contribution < -0.4 is 15.4 Å². The van der Waals surface area contributed by atoms with Gasteiger partial charge in [0.25, 0.3) is 0 Å². The topological polar surface area (TPSA) is 76.1 Å². The SMILES string of the molecule is CCOc1ccc(-c2cc(F)c(NC(=O)NC3Cc4c(ccnc4F)C(CC)C3)cc2Cl)cn1. The highest BCUT2D eigenvalue weighted by atomic mass is 35.5. The molecule has 0 radical (unpaired) electrons. The van der Waals surface area contributed by atoms with Gasteiger partial charge in [0.2, 0.25) is 11.8 Å². The molecule has 4 rings (SSSR count). The third kappa shape index (κ3) is 5.12. The lowest BCUT2D eigenvalue weighted by Crippen LogP contribution is -2.42. The molecule has 3 aromatic rings. The van der Waals surface area contributed by atoms with Crippen molar-refractivity contribution in [2.24, 2.45) is 0 Å². The lowest BCUT2D eigenvalue weighted by molar-refractivity contribution is 0.245. The van der Waals surface area contributed by atoms with Gasteiger partial charge in [-0.3, -0.25) is 0 Å². The van der Waals surface area contributed by atoms with Crippen LogP contribution in [0.1, 0.15) is 43.7 Å². The fourth-order valence-corrected chi connectivity index (χ4v) is 4.62. The number of carbonyl (C=O) groups is 1. The fourth-order valence-electron chi connectivity index (χ4n) is 4.34. The van der Waals surface area contributed by atoms with Gasteiger partial charge in [0.15, 0.2) is 0 Å². The average Bonchev–Trinajstić information content (AvgIpc) is 2.82. The van der Waals surface area contributed by atoms with E-state index in [4.69, 9.17) is 16.3 Å². The monoisotopic (exact) mass is 486 g/mol. The molecule has 0 fully saturated rings. The molecule has 0 saturated carbocycles. The molecule has 178 valence electrons. The fraction of sp³-hybridized carbons (Fsp3) is 0.320. The summed E-state index contributed by atoms with van der Waals surface area (Å²) in [6, 6.07) is 6.97. The first-order chi connectivity index (χ1) is 16.4. The van der Waals surface area contributed by atoms with Crippen LogP contribution in [0.2, 0.25) is 5.02 Å². The third-order valence-corrected chi connectivity index (χ3v) is 6.28. The Morgan fingerprint density at radius 3 is 2.74 bits per heavy atom. The van der Waals surface area contributed by atoms with Crippen LogP contribution in [0.3, 0.4) is 0 Å². The number of amides is 2. The minimum Gasteiger partial charge on any atom is -0.478 e. The summed E-state index contributed by atoms with van der Waals surface area (Å²) in [5, 5.41) is 5.61. The molecule has 2 N–H and O–H groups in total. The number of halogens is 3. The van der Waals surface area contributed by atoms with E-state index in [2.05, 4.69) is 20.6 Å². The molecule has 2 amide bonds. The van der Waals surface area contributed by atoms with Crippen LogP contribution in [0, 0.1) is 11.8 Å². The Balaban J connectivity index is 1.46. The van der Waals surface area contributed by atoms with Gasteiger partial charge < -0.3 is 15.4 Å². The number of nitrogens with zero attached hydrogens (tertiary/aromatic N) is 2. The molecule has 0 bridgehead atoms. The Hall–Kier alpha value is -3.26. The van der Waals surface area contributed by atoms with Crippen LogP contribution in [-0.2, 0) is 6.42 Å². The number of urea groups is 1. The van der Waals surface area contributed by atoms with Gasteiger partial charge in [-0.1, -0.05) is 18.5 Å². The van der Waals surface area contributed by atoms with E-state index in [9.17, 15) is 13.6 Å². The number of ether oxygens (including phenoxy) is 1. The number of nitrogens with one attached hydrogen (secondary N) is 2. The highest BCUT2D eigenvalue weighted by Crippen LogP contribution is 2.35. The van der Waals surface area contributed by atoms with Gasteiger partial charge in [-0.2, -0.15) is 4.39 Å². The van der Waals surface area contributed by atoms with E-state index in [0.717, 1.165) is 12.0 Å². The number of pyridine rings is 2. The van der Waals surface area contributed by atoms with Crippen molar-refractivity contribution in [3.63, 3.8) is 0 Å². The molecule has 1 aromatic carbocycles. The van der Waals surface area contributed by atoms with E-state index in [1.54, 1.807) is 18.3 Å². The molecule has 2 atom stereocenters. The molecule has 2 unspecified atom stereocenters. The molecule has 0 saturated heterocycles. The predicted molar refractivity (Wildman–Crippen MR) is 127 cm³/mol. The zero-order valence-corrected chi connectivity index (χ0v) is 19.6. The van der Waals surface area contributed by atoms with Crippen LogP contribution in [0.4, 0.5) is 19.3 Å². The molecule has 2 aromatic heterocycles. The largest absolute Gasteiger partial charge is 0.478 e. The van der Waals surface area contributed by atoms with E-state index in [-0.39, 0.29) is 22.7 Å². The van der Waals surface area contributed by atoms with Crippen molar-refractivity contribution in [2.75, 3.05) is 11.9 Å². The molecule has 9 heteroatoms. The van der Waals surface area contributed by atoms with E-state index < -0.39 is 17.8 Å². The summed E-state index contributed by atoms with van der Waals surface area (Å²) in [7, 11) is 0. The zero-order chi connectivity index (χ0) is 24.2. The Morgan fingerprint density at radius 2 is 2.03 bits per heavy atom. The second kappa shape index (κ2) is 10.3. The van der Waals surface area contributed by atoms with Crippen molar-refractivity contribution in [2.45, 2.75) is 45.1 Å². The van der Waals surface area contributed by atoms with E-state index in [1.807, 2.05) is 19.9 Å². The average molecular weight is 487 g/mol. The number of fused-ring (bicyclic) bond motifs is 1. The smallest absolute Gasteiger partial charge is 0.319 e. The van der Waals surface area contributed by atoms with Crippen LogP contribution in [-0.4, -0.2) is 28.6 Å². The molecule has 0 aliphatic heterocycles. The molecule has 34 heavy (non-hydrogen) atoms. The van der Waals surface area contributed by atoms with E-state index >= 15 is 0 Å². The first-order valence-corrected chi connectivity index (χ1v) is 11.6. The summed E-state index contributed by atoms with van der Waals surface area (Å²) >= 11 is 6.38. The van der Waals surface area contributed by atoms with Gasteiger partial charge in [0.05, 0.1) is 17.3 Å². The summed E-state index contributed by atoms with van der Waals surface area (Å²) in [5.41, 5.74) is 2.46. The summed E-state index contributed by atoms with van der Waals surface area (Å²) in [6.45, 7) is 4.37. The van der Waals surface area contributed by atoms with Gasteiger partial charge in [-0.25, -0.2) is 19.2 Å². The number of carbonyl (C=O) groups excluding carboxylic acids is 1. The van der Waals surface area contributed by atoms with E-state index in [1.165, 1.54) is 18.3 Å². The molecule has 2 heterocycles. The standard InChI is InChI=1S/C25H25ClF2N4O2/c1-3-14-9-16(10-19-17(14)7-8-29-24(19)28)31-25(33)32-22-12-20(26)18(11-21(22)27)15-5-6-23(30-13-15)34-4-2/h5-8,11-14,16H,3-4,9-10H2,1-2H3,(H2,31,32,33). The Morgan fingerprint density at radius 1 is 1.21 bits per heavy atom. The molecular formula is C25H25ClF2N4O2. The number of hydrogen-bond donors (Lipinski definition) is 2. The van der Waals surface area contributed by atoms with Crippen molar-refractivity contribution in [1.82, 2.24) is 15.3 Å². The van der Waals surface area contributed by atoms with Gasteiger partial charge in [-0.05, 0) is 61.9 Å². The van der Waals surface area contributed by atoms with Crippen LogP contribution in [0.5, 0.6) is 5.88 Å². The molecule has 1 aliphatic carbocycles. The van der Waals surface area contributed by atoms with E-state index in [0.29, 0.717) is 42.0 Å². The van der Waals surface area contributed by atoms with Crippen molar-refractivity contribution < 1.29 is 18.3 Å². The highest BCUT2D eigenvalue weighted by Gasteiger charge is 2.29. The first-order valence-electron chi connectivity index (χ1n) is 11.2. The van der Waals surface area contributed by atoms with Crippen molar-refractivity contribution in [3.05, 3.63) is 70.6 Å². The normalized spacial score (nSPS) is 17.1. The third-order valence-electron chi connectivity index (χ3n) is 5.97. The van der Waals surface area contributed by atoms with Gasteiger partial charge in [-0.15, -0.1) is 0 Å². The van der Waals surface area contributed by atoms with Crippen LogP contribution in [0.15, 0.2) is 42.7 Å². The number of benzene rings is 1. The molecule has 1 aliphatic rings. The Bertz CT molecular complexity index is 1190. The van der Waals surface area contributed by atoms with Crippen molar-refractivity contribution in [3.8, 4) is 17.0 Å². The zero-order valence-electron chi connectivity index (χ0n) is 18.9. The maximum atomic E-state index is 14.8. The first kappa shape index (κ1) is 23.9. The van der Waals surface area contributed by atoms with Crippen LogP contribution >= 0.6 is 11.6 Å². The molecular weight excluding hydrogens is 462 g/mol. The lowest BCUT2D eigenvalue weighted by atomic mass is 9.79. The minimum atomic E-state index is -0.640. The Kier molecular flexibility index (Phi) is 7.26. The predicted octanol–water partition coefficient (Wildman–Crippen LogP) is 6.10. The second-order valence-corrected chi connectivity index (χ2v) is 8.55. The minimum absolute atomic E-state index is 0.0544. The number of anilines is 1. The maximum Gasteiger partial charge on any atom is 0.319 e.